The van der Waals surface area contributed by atoms with Crippen LogP contribution in [0, 0.1) is 5.92 Å². The monoisotopic (exact) mass is 405 g/mol. The predicted molar refractivity (Wildman–Crippen MR) is 113 cm³/mol. The third-order valence-electron chi connectivity index (χ3n) is 5.59. The van der Waals surface area contributed by atoms with Crippen LogP contribution in [0.3, 0.4) is 0 Å². The number of nitrogens with zero attached hydrogens (tertiary/aromatic N) is 2. The minimum atomic E-state index is -3.57. The van der Waals surface area contributed by atoms with E-state index in [0.29, 0.717) is 25.2 Å². The number of rotatable bonds is 8. The Balaban J connectivity index is 1.89. The van der Waals surface area contributed by atoms with Crippen LogP contribution in [0.25, 0.3) is 0 Å². The molecule has 1 saturated heterocycles. The molecular weight excluding hydrogens is 374 g/mol. The van der Waals surface area contributed by atoms with E-state index in [4.69, 9.17) is 0 Å². The molecule has 1 aliphatic heterocycles. The average molecular weight is 406 g/mol. The molecule has 7 heteroatoms. The molecule has 1 aromatic carbocycles. The number of carbonyl (C=O) groups is 1. The molecular formula is C21H31N3O3S. The summed E-state index contributed by atoms with van der Waals surface area (Å²) in [5.41, 5.74) is 1.51. The van der Waals surface area contributed by atoms with E-state index in [1.807, 2.05) is 19.9 Å². The van der Waals surface area contributed by atoms with Crippen LogP contribution in [0.2, 0.25) is 0 Å². The first kappa shape index (κ1) is 20.9. The summed E-state index contributed by atoms with van der Waals surface area (Å²) in [7, 11) is -3.57. The number of sulfonamides is 1. The zero-order valence-corrected chi connectivity index (χ0v) is 17.7. The van der Waals surface area contributed by atoms with Gasteiger partial charge in [-0.25, -0.2) is 8.42 Å². The van der Waals surface area contributed by atoms with E-state index in [-0.39, 0.29) is 16.7 Å². The van der Waals surface area contributed by atoms with Gasteiger partial charge in [-0.15, -0.1) is 0 Å². The number of hydrogen-bond acceptors (Lipinski definition) is 4. The van der Waals surface area contributed by atoms with E-state index < -0.39 is 10.0 Å². The van der Waals surface area contributed by atoms with Crippen molar-refractivity contribution in [2.24, 2.45) is 5.92 Å². The van der Waals surface area contributed by atoms with Crippen LogP contribution in [0.15, 0.2) is 35.2 Å². The zero-order chi connectivity index (χ0) is 20.1. The molecule has 1 aromatic rings. The second kappa shape index (κ2) is 9.09. The maximum absolute atomic E-state index is 12.9. The fourth-order valence-electron chi connectivity index (χ4n) is 4.03. The summed E-state index contributed by atoms with van der Waals surface area (Å²) in [6.45, 7) is 6.35. The van der Waals surface area contributed by atoms with Gasteiger partial charge in [0, 0.05) is 32.6 Å². The SMILES string of the molecule is CCN(CC)S(=O)(=O)c1ccc(N2CCCC2)c(NC(=O)CC2C=CCC2)c1. The van der Waals surface area contributed by atoms with Crippen LogP contribution in [0.4, 0.5) is 11.4 Å². The Labute approximate surface area is 168 Å². The van der Waals surface area contributed by atoms with Crippen molar-refractivity contribution in [2.45, 2.75) is 50.8 Å². The molecule has 2 aliphatic rings. The highest BCUT2D eigenvalue weighted by Crippen LogP contribution is 2.33. The van der Waals surface area contributed by atoms with E-state index in [1.165, 1.54) is 4.31 Å². The Morgan fingerprint density at radius 2 is 1.93 bits per heavy atom. The van der Waals surface area contributed by atoms with Crippen molar-refractivity contribution in [3.05, 3.63) is 30.4 Å². The van der Waals surface area contributed by atoms with Gasteiger partial charge in [0.05, 0.1) is 16.3 Å². The topological polar surface area (TPSA) is 69.7 Å². The van der Waals surface area contributed by atoms with Gasteiger partial charge in [-0.2, -0.15) is 4.31 Å². The summed E-state index contributed by atoms with van der Waals surface area (Å²) < 4.78 is 27.3. The molecule has 154 valence electrons. The van der Waals surface area contributed by atoms with E-state index in [2.05, 4.69) is 22.4 Å². The number of hydrogen-bond donors (Lipinski definition) is 1. The quantitative estimate of drug-likeness (QED) is 0.671. The fourth-order valence-corrected chi connectivity index (χ4v) is 5.51. The van der Waals surface area contributed by atoms with Crippen LogP contribution in [-0.2, 0) is 14.8 Å². The maximum Gasteiger partial charge on any atom is 0.243 e. The lowest BCUT2D eigenvalue weighted by Crippen LogP contribution is -2.31. The summed E-state index contributed by atoms with van der Waals surface area (Å²) in [5, 5.41) is 3.00. The predicted octanol–water partition coefficient (Wildman–Crippen LogP) is 3.61. The van der Waals surface area contributed by atoms with Gasteiger partial charge in [0.1, 0.15) is 0 Å². The summed E-state index contributed by atoms with van der Waals surface area (Å²) in [6, 6.07) is 5.13. The number of amides is 1. The van der Waals surface area contributed by atoms with Crippen LogP contribution >= 0.6 is 0 Å². The Bertz CT molecular complexity index is 825. The molecule has 6 nitrogen and oxygen atoms in total. The molecule has 1 atom stereocenters. The van der Waals surface area contributed by atoms with Gasteiger partial charge in [-0.05, 0) is 49.8 Å². The van der Waals surface area contributed by atoms with Gasteiger partial charge >= 0.3 is 0 Å². The molecule has 1 fully saturated rings. The van der Waals surface area contributed by atoms with Crippen molar-refractivity contribution in [2.75, 3.05) is 36.4 Å². The van der Waals surface area contributed by atoms with Crippen LogP contribution in [0.1, 0.15) is 46.0 Å². The normalized spacial score (nSPS) is 19.5. The lowest BCUT2D eigenvalue weighted by atomic mass is 10.0. The first-order valence-corrected chi connectivity index (χ1v) is 11.7. The van der Waals surface area contributed by atoms with E-state index in [0.717, 1.165) is 44.5 Å². The lowest BCUT2D eigenvalue weighted by molar-refractivity contribution is -0.116. The molecule has 1 unspecified atom stereocenters. The maximum atomic E-state index is 12.9. The molecule has 3 rings (SSSR count). The highest BCUT2D eigenvalue weighted by atomic mass is 32.2. The van der Waals surface area contributed by atoms with Crippen molar-refractivity contribution < 1.29 is 13.2 Å². The molecule has 0 bridgehead atoms. The number of anilines is 2. The number of carbonyl (C=O) groups excluding carboxylic acids is 1. The third-order valence-corrected chi connectivity index (χ3v) is 7.64. The van der Waals surface area contributed by atoms with Crippen molar-refractivity contribution >= 4 is 27.3 Å². The van der Waals surface area contributed by atoms with Crippen molar-refractivity contribution in [3.8, 4) is 0 Å². The van der Waals surface area contributed by atoms with Crippen LogP contribution in [-0.4, -0.2) is 44.8 Å². The number of nitrogens with one attached hydrogen (secondary N) is 1. The molecule has 0 spiro atoms. The molecule has 0 saturated carbocycles. The molecule has 1 N–H and O–H groups in total. The minimum absolute atomic E-state index is 0.0608. The van der Waals surface area contributed by atoms with Crippen molar-refractivity contribution in [3.63, 3.8) is 0 Å². The largest absolute Gasteiger partial charge is 0.370 e. The van der Waals surface area contributed by atoms with Gasteiger partial charge in [-0.1, -0.05) is 26.0 Å². The summed E-state index contributed by atoms with van der Waals surface area (Å²) in [6.07, 6.45) is 8.90. The Morgan fingerprint density at radius 1 is 1.21 bits per heavy atom. The highest BCUT2D eigenvalue weighted by Gasteiger charge is 2.25. The molecule has 0 aromatic heterocycles. The lowest BCUT2D eigenvalue weighted by Gasteiger charge is -2.24. The van der Waals surface area contributed by atoms with Crippen molar-refractivity contribution in [1.82, 2.24) is 4.31 Å². The first-order chi connectivity index (χ1) is 13.5. The average Bonchev–Trinajstić information content (AvgIpc) is 3.36. The summed E-state index contributed by atoms with van der Waals surface area (Å²) >= 11 is 0. The minimum Gasteiger partial charge on any atom is -0.370 e. The third kappa shape index (κ3) is 4.58. The Hall–Kier alpha value is -1.86. The summed E-state index contributed by atoms with van der Waals surface area (Å²) in [4.78, 5) is 15.1. The molecule has 0 radical (unpaired) electrons. The van der Waals surface area contributed by atoms with Gasteiger partial charge in [0.25, 0.3) is 0 Å². The second-order valence-corrected chi connectivity index (χ2v) is 9.42. The molecule has 1 amide bonds. The zero-order valence-electron chi connectivity index (χ0n) is 16.9. The van der Waals surface area contributed by atoms with E-state index >= 15 is 0 Å². The Kier molecular flexibility index (Phi) is 6.78. The standard InChI is InChI=1S/C21H31N3O3S/c1-3-24(4-2)28(26,27)18-11-12-20(23-13-7-8-14-23)19(16-18)22-21(25)15-17-9-5-6-10-17/h5,9,11-12,16-17H,3-4,6-8,10,13-15H2,1-2H3,(H,22,25). The van der Waals surface area contributed by atoms with Crippen LogP contribution in [0.5, 0.6) is 0 Å². The molecule has 1 heterocycles. The van der Waals surface area contributed by atoms with Gasteiger partial charge in [0.2, 0.25) is 15.9 Å². The van der Waals surface area contributed by atoms with Gasteiger partial charge < -0.3 is 10.2 Å². The fraction of sp³-hybridized carbons (Fsp3) is 0.571. The Morgan fingerprint density at radius 3 is 2.54 bits per heavy atom. The molecule has 1 aliphatic carbocycles. The number of benzene rings is 1. The molecule has 28 heavy (non-hydrogen) atoms. The smallest absolute Gasteiger partial charge is 0.243 e. The van der Waals surface area contributed by atoms with E-state index in [1.54, 1.807) is 12.1 Å². The second-order valence-electron chi connectivity index (χ2n) is 7.48. The van der Waals surface area contributed by atoms with Gasteiger partial charge in [-0.3, -0.25) is 4.79 Å². The van der Waals surface area contributed by atoms with Crippen LogP contribution < -0.4 is 10.2 Å². The van der Waals surface area contributed by atoms with Crippen molar-refractivity contribution in [1.29, 1.82) is 0 Å². The first-order valence-electron chi connectivity index (χ1n) is 10.3. The van der Waals surface area contributed by atoms with Gasteiger partial charge in [0.15, 0.2) is 0 Å². The summed E-state index contributed by atoms with van der Waals surface area (Å²) in [5.74, 6) is 0.215. The highest BCUT2D eigenvalue weighted by molar-refractivity contribution is 7.89. The number of allylic oxidation sites excluding steroid dienone is 2. The van der Waals surface area contributed by atoms with E-state index in [9.17, 15) is 13.2 Å².